The molecule has 4 atom stereocenters. The van der Waals surface area contributed by atoms with Crippen molar-refractivity contribution in [2.75, 3.05) is 6.54 Å². The largest absolute Gasteiger partial charge is 0.481 e. The van der Waals surface area contributed by atoms with E-state index < -0.39 is 17.7 Å². The number of benzene rings is 1. The Kier molecular flexibility index (Phi) is 9.08. The number of rotatable bonds is 9. The number of halogens is 3. The third-order valence-electron chi connectivity index (χ3n) is 7.94. The topological polar surface area (TPSA) is 53.4 Å². The van der Waals surface area contributed by atoms with Gasteiger partial charge in [0.15, 0.2) is 0 Å². The number of piperidine rings is 1. The van der Waals surface area contributed by atoms with Crippen LogP contribution in [0.5, 0.6) is 0 Å². The molecule has 4 nitrogen and oxygen atoms in total. The summed E-state index contributed by atoms with van der Waals surface area (Å²) in [6, 6.07) is 12.6. The third kappa shape index (κ3) is 7.13. The zero-order valence-electron chi connectivity index (χ0n) is 22.1. The van der Waals surface area contributed by atoms with Crippen LogP contribution in [0, 0.1) is 17.8 Å². The number of alkyl halides is 3. The monoisotopic (exact) mass is 526 g/mol. The van der Waals surface area contributed by atoms with Gasteiger partial charge < -0.3 is 5.11 Å². The predicted octanol–water partition coefficient (Wildman–Crippen LogP) is 7.85. The zero-order valence-corrected chi connectivity index (χ0v) is 22.1. The lowest BCUT2D eigenvalue weighted by Crippen LogP contribution is -2.48. The Hall–Kier alpha value is -2.93. The van der Waals surface area contributed by atoms with E-state index in [1.807, 2.05) is 12.1 Å². The lowest BCUT2D eigenvalue weighted by Gasteiger charge is -2.47. The molecule has 0 bridgehead atoms. The van der Waals surface area contributed by atoms with Gasteiger partial charge in [0, 0.05) is 30.9 Å². The maximum atomic E-state index is 13.3. The normalized spacial score (nSPS) is 23.3. The summed E-state index contributed by atoms with van der Waals surface area (Å²) in [5.41, 5.74) is 2.80. The van der Waals surface area contributed by atoms with Gasteiger partial charge in [-0.05, 0) is 85.2 Å². The summed E-state index contributed by atoms with van der Waals surface area (Å²) in [4.78, 5) is 18.1. The second kappa shape index (κ2) is 12.3. The fourth-order valence-electron chi connectivity index (χ4n) is 5.92. The highest BCUT2D eigenvalue weighted by atomic mass is 19.4. The van der Waals surface area contributed by atoms with Gasteiger partial charge in [-0.1, -0.05) is 56.3 Å². The first kappa shape index (κ1) is 28.1. The Bertz CT molecular complexity index is 1130. The Balaban J connectivity index is 1.63. The molecule has 1 aliphatic carbocycles. The van der Waals surface area contributed by atoms with Gasteiger partial charge in [-0.15, -0.1) is 0 Å². The van der Waals surface area contributed by atoms with Crippen LogP contribution in [0.4, 0.5) is 13.2 Å². The second-order valence-electron chi connectivity index (χ2n) is 11.1. The summed E-state index contributed by atoms with van der Waals surface area (Å²) in [5.74, 6) is -0.363. The third-order valence-corrected chi connectivity index (χ3v) is 7.94. The fourth-order valence-corrected chi connectivity index (χ4v) is 5.92. The number of likely N-dealkylation sites (tertiary alicyclic amines) is 1. The van der Waals surface area contributed by atoms with Gasteiger partial charge in [0.25, 0.3) is 0 Å². The molecular formula is C31H37F3N2O2. The molecule has 0 amide bonds. The summed E-state index contributed by atoms with van der Waals surface area (Å²) in [6.45, 7) is 5.14. The van der Waals surface area contributed by atoms with Gasteiger partial charge in [-0.25, -0.2) is 0 Å². The van der Waals surface area contributed by atoms with Gasteiger partial charge in [0.2, 0.25) is 0 Å². The van der Waals surface area contributed by atoms with Crippen LogP contribution in [0.3, 0.4) is 0 Å². The predicted molar refractivity (Wildman–Crippen MR) is 143 cm³/mol. The average Bonchev–Trinajstić information content (AvgIpc) is 2.89. The van der Waals surface area contributed by atoms with E-state index in [-0.39, 0.29) is 30.3 Å². The SMILES string of the molecule is CC(C)CC[C@@H](c1ccc(-c2ccncc2)cc1)N1CC[C@H](CC(=O)O)C[C@@H]1C1C=CC(C(F)(F)F)=CC1. The van der Waals surface area contributed by atoms with Crippen LogP contribution in [-0.4, -0.2) is 39.7 Å². The summed E-state index contributed by atoms with van der Waals surface area (Å²) in [7, 11) is 0. The highest BCUT2D eigenvalue weighted by Crippen LogP contribution is 2.42. The molecule has 1 aromatic heterocycles. The number of carboxylic acids is 1. The number of allylic oxidation sites excluding steroid dienone is 3. The van der Waals surface area contributed by atoms with Gasteiger partial charge >= 0.3 is 12.1 Å². The van der Waals surface area contributed by atoms with E-state index in [0.29, 0.717) is 18.8 Å². The molecule has 2 aromatic rings. The number of aromatic nitrogens is 1. The molecule has 1 fully saturated rings. The first-order chi connectivity index (χ1) is 18.1. The first-order valence-electron chi connectivity index (χ1n) is 13.5. The molecule has 7 heteroatoms. The van der Waals surface area contributed by atoms with Crippen LogP contribution in [0.15, 0.2) is 72.6 Å². The van der Waals surface area contributed by atoms with E-state index >= 15 is 0 Å². The number of carboxylic acid groups (broad SMARTS) is 1. The molecule has 1 N–H and O–H groups in total. The van der Waals surface area contributed by atoms with Crippen molar-refractivity contribution in [1.29, 1.82) is 0 Å². The molecule has 1 aliphatic heterocycles. The van der Waals surface area contributed by atoms with Gasteiger partial charge in [0.1, 0.15) is 0 Å². The van der Waals surface area contributed by atoms with Crippen molar-refractivity contribution >= 4 is 5.97 Å². The smallest absolute Gasteiger partial charge is 0.416 e. The Labute approximate surface area is 223 Å². The van der Waals surface area contributed by atoms with Gasteiger partial charge in [-0.2, -0.15) is 13.2 Å². The number of aliphatic carboxylic acids is 1. The summed E-state index contributed by atoms with van der Waals surface area (Å²) in [5, 5.41) is 9.44. The van der Waals surface area contributed by atoms with E-state index in [9.17, 15) is 23.1 Å². The van der Waals surface area contributed by atoms with Gasteiger partial charge in [-0.3, -0.25) is 14.7 Å². The molecule has 2 heterocycles. The molecule has 204 valence electrons. The molecule has 1 saturated heterocycles. The van der Waals surface area contributed by atoms with E-state index in [2.05, 4.69) is 48.0 Å². The van der Waals surface area contributed by atoms with Crippen LogP contribution in [-0.2, 0) is 4.79 Å². The summed E-state index contributed by atoms with van der Waals surface area (Å²) >= 11 is 0. The highest BCUT2D eigenvalue weighted by Gasteiger charge is 2.40. The molecule has 4 rings (SSSR count). The summed E-state index contributed by atoms with van der Waals surface area (Å²) < 4.78 is 39.8. The number of pyridine rings is 1. The number of nitrogens with zero attached hydrogens (tertiary/aromatic N) is 2. The molecule has 38 heavy (non-hydrogen) atoms. The maximum Gasteiger partial charge on any atom is 0.416 e. The number of hydrogen-bond acceptors (Lipinski definition) is 3. The first-order valence-corrected chi connectivity index (χ1v) is 13.5. The highest BCUT2D eigenvalue weighted by molar-refractivity contribution is 5.67. The molecule has 0 saturated carbocycles. The van der Waals surface area contributed by atoms with Crippen LogP contribution in [0.25, 0.3) is 11.1 Å². The molecular weight excluding hydrogens is 489 g/mol. The van der Waals surface area contributed by atoms with Crippen molar-refractivity contribution in [2.24, 2.45) is 17.8 Å². The minimum Gasteiger partial charge on any atom is -0.481 e. The van der Waals surface area contributed by atoms with Crippen molar-refractivity contribution in [2.45, 2.75) is 70.6 Å². The molecule has 0 radical (unpaired) electrons. The zero-order chi connectivity index (χ0) is 27.3. The number of hydrogen-bond donors (Lipinski definition) is 1. The quantitative estimate of drug-likeness (QED) is 0.362. The minimum absolute atomic E-state index is 0.0209. The summed E-state index contributed by atoms with van der Waals surface area (Å²) in [6.07, 6.45) is 7.23. The molecule has 1 aromatic carbocycles. The Morgan fingerprint density at radius 2 is 1.76 bits per heavy atom. The van der Waals surface area contributed by atoms with Crippen LogP contribution in [0.2, 0.25) is 0 Å². The van der Waals surface area contributed by atoms with Crippen molar-refractivity contribution in [3.05, 3.63) is 78.2 Å². The molecule has 0 spiro atoms. The average molecular weight is 527 g/mol. The molecule has 1 unspecified atom stereocenters. The van der Waals surface area contributed by atoms with Crippen LogP contribution < -0.4 is 0 Å². The fraction of sp³-hybridized carbons (Fsp3) is 0.484. The van der Waals surface area contributed by atoms with Crippen molar-refractivity contribution in [1.82, 2.24) is 9.88 Å². The second-order valence-corrected chi connectivity index (χ2v) is 11.1. The van der Waals surface area contributed by atoms with Crippen LogP contribution in [0.1, 0.15) is 64.0 Å². The lowest BCUT2D eigenvalue weighted by atomic mass is 9.77. The van der Waals surface area contributed by atoms with Crippen molar-refractivity contribution in [3.63, 3.8) is 0 Å². The number of carbonyl (C=O) groups is 1. The van der Waals surface area contributed by atoms with Crippen LogP contribution >= 0.6 is 0 Å². The lowest BCUT2D eigenvalue weighted by molar-refractivity contribution is -0.138. The molecule has 2 aliphatic rings. The Morgan fingerprint density at radius 1 is 1.08 bits per heavy atom. The van der Waals surface area contributed by atoms with E-state index in [4.69, 9.17) is 0 Å². The standard InChI is InChI=1S/C31H37F3N2O2/c1-21(2)3-12-28(25-6-4-23(5-7-25)24-13-16-35-17-14-24)36-18-15-22(20-30(37)38)19-29(36)26-8-10-27(11-9-26)31(32,33)34/h4-8,10-11,13-14,16-17,21-22,26,28-29H,3,9,12,15,18-20H2,1-2H3,(H,37,38)/t22-,26?,28-,29+/m0/s1. The maximum absolute atomic E-state index is 13.3. The van der Waals surface area contributed by atoms with Crippen molar-refractivity contribution in [3.8, 4) is 11.1 Å². The van der Waals surface area contributed by atoms with E-state index in [0.717, 1.165) is 36.9 Å². The van der Waals surface area contributed by atoms with E-state index in [1.54, 1.807) is 18.5 Å². The minimum atomic E-state index is -4.35. The van der Waals surface area contributed by atoms with Crippen molar-refractivity contribution < 1.29 is 23.1 Å². The van der Waals surface area contributed by atoms with E-state index in [1.165, 1.54) is 17.7 Å². The van der Waals surface area contributed by atoms with Gasteiger partial charge in [0.05, 0.1) is 5.57 Å². The Morgan fingerprint density at radius 3 is 2.34 bits per heavy atom.